The number of phenolic OH excluding ortho intramolecular Hbond substituents is 3. The Morgan fingerprint density at radius 3 is 1.95 bits per heavy atom. The third-order valence-electron chi connectivity index (χ3n) is 22.4. The molecule has 0 amide bonds. The van der Waals surface area contributed by atoms with Crippen LogP contribution in [-0.2, 0) is 118 Å². The van der Waals surface area contributed by atoms with Crippen molar-refractivity contribution in [3.05, 3.63) is 45.5 Å². The lowest BCUT2D eigenvalue weighted by Crippen LogP contribution is -2.68. The highest BCUT2D eigenvalue weighted by atomic mass is 35.5. The van der Waals surface area contributed by atoms with Gasteiger partial charge in [0, 0.05) is 47.3 Å². The maximum Gasteiger partial charge on any atom is 0.342 e. The summed E-state index contributed by atoms with van der Waals surface area (Å²) in [6.07, 6.45) is -39.8. The van der Waals surface area contributed by atoms with Crippen molar-refractivity contribution in [2.45, 2.75) is 295 Å². The number of esters is 2. The standard InChI is InChI=1S/C70H100ClNO38/c1-25-15-32(73)17-33(74)42(25)61(81)99-38-23-93-70(60-53(38)91-24-92-60)107-39-22-90-63(46(78)52(39)108-70)105-65-56(88-13)45(77)51(37(100-65)21-85-10)103-64-47(79)55(50(86-11)28(4)96-64)104-66-57(80)68(9)59(31(7)97-66)109-69(110-68)19-35(76)48(29(5)106-69)101-40-18-36(98-41-20-67(8,72(83)84)58(89-14)30(6)95-41)49(27(3)94-40)102-62(82)43-26(2)16-34(75)44(71)54(43)87-12/h15-17,27-31,35-41,45-53,55-60,63-66,73-80,83-84H,18-24H2,1-14H3/t27-,28-,29-,30+,31-,35-,36-,37-,38-,39+,40+,41+,45+,46-,47-,48-,49-,50+,51-,52-,53+,55-,56+,57-,58+,59-,60-,63+,64+,65+,66+,67+,68-,69-,70-/m1/s1. The Balaban J connectivity index is 0.642. The molecule has 11 aliphatic heterocycles. The number of aromatic hydroxyl groups is 3. The topological polar surface area (TPSA) is 480 Å². The molecule has 40 heteroatoms. The smallest absolute Gasteiger partial charge is 0.342 e. The normalized spacial score (nSPS) is 46.0. The van der Waals surface area contributed by atoms with Crippen molar-refractivity contribution < 1.29 is 184 Å². The molecule has 0 bridgehead atoms. The molecule has 2 spiro atoms. The number of aryl methyl sites for hydroxylation is 2. The molecule has 0 saturated carbocycles. The molecule has 620 valence electrons. The van der Waals surface area contributed by atoms with E-state index in [0.717, 1.165) is 6.07 Å². The van der Waals surface area contributed by atoms with E-state index in [1.807, 2.05) is 0 Å². The summed E-state index contributed by atoms with van der Waals surface area (Å²) in [6.45, 7) is 13.1. The van der Waals surface area contributed by atoms with E-state index in [2.05, 4.69) is 0 Å². The Hall–Kier alpha value is -4.37. The minimum absolute atomic E-state index is 0.0418. The number of fused-ring (bicyclic) bond motifs is 4. The summed E-state index contributed by atoms with van der Waals surface area (Å²) in [5.41, 5.74) is -2.94. The predicted octanol–water partition coefficient (Wildman–Crippen LogP) is 0.412. The van der Waals surface area contributed by atoms with E-state index >= 15 is 0 Å². The number of ether oxygens (including phenoxy) is 26. The van der Waals surface area contributed by atoms with Gasteiger partial charge in [0.2, 0.25) is 0 Å². The number of hydrogen-bond donors (Lipinski definition) is 10. The number of hydroxylamine groups is 2. The van der Waals surface area contributed by atoms with E-state index in [4.69, 9.17) is 135 Å². The first-order chi connectivity index (χ1) is 52.1. The zero-order valence-corrected chi connectivity index (χ0v) is 63.6. The minimum atomic E-state index is -2.04. The fraction of sp³-hybridized carbons (Fsp3) is 0.800. The number of rotatable bonds is 21. The van der Waals surface area contributed by atoms with Crippen LogP contribution in [0.3, 0.4) is 0 Å². The Morgan fingerprint density at radius 1 is 0.582 bits per heavy atom. The summed E-state index contributed by atoms with van der Waals surface area (Å²) in [7, 11) is 6.65. The predicted molar refractivity (Wildman–Crippen MR) is 356 cm³/mol. The first-order valence-corrected chi connectivity index (χ1v) is 36.6. The highest BCUT2D eigenvalue weighted by Gasteiger charge is 2.70. The van der Waals surface area contributed by atoms with Crippen LogP contribution < -0.4 is 4.74 Å². The summed E-state index contributed by atoms with van der Waals surface area (Å²) < 4.78 is 160. The minimum Gasteiger partial charge on any atom is -0.508 e. The molecule has 110 heavy (non-hydrogen) atoms. The van der Waals surface area contributed by atoms with Crippen molar-refractivity contribution in [1.82, 2.24) is 5.23 Å². The van der Waals surface area contributed by atoms with Crippen LogP contribution in [0.25, 0.3) is 0 Å². The zero-order chi connectivity index (χ0) is 79.3. The van der Waals surface area contributed by atoms with Gasteiger partial charge in [0.25, 0.3) is 5.97 Å². The SMILES string of the molecule is COC[C@H]1O[C@@H](O[C@@H]2OC[C@@H]3O[C@@]4(OC[C@@H](OC(=O)c5c(C)cc(O)cc5O)[C@@H]5OCO[C@H]54)O[C@H]3[C@H]2O)[C@@H](OC)[C@@H](O)[C@@H]1O[C@@H]1O[C@H](C)[C@H](OC)[C@H](O[C@@H]2O[C@H](C)[C@H]3O[C@]4(C[C@@H](O)[C@H](O[C@H]5C[C@@H](O[C@H]6C[C@](C)(N(O)O)[C@@H](OC)[C@H](C)O6)[C@H](OC(=O)c6c(C)cc(O)c(Cl)c6OC)[C@@H](C)O5)[C@@H](C)O4)O[C@]3(C)[C@@H]2O)[C@H]1O. The number of aliphatic hydroxyl groups excluding tert-OH is 5. The summed E-state index contributed by atoms with van der Waals surface area (Å²) in [4.78, 5) is 27.6. The average molecular weight is 1600 g/mol. The molecular weight excluding hydrogens is 1500 g/mol. The molecule has 0 aromatic heterocycles. The van der Waals surface area contributed by atoms with Gasteiger partial charge in [-0.05, 0) is 85.6 Å². The number of phenols is 3. The first kappa shape index (κ1) is 83.6. The van der Waals surface area contributed by atoms with Gasteiger partial charge < -0.3 is 164 Å². The highest BCUT2D eigenvalue weighted by molar-refractivity contribution is 6.34. The van der Waals surface area contributed by atoms with Gasteiger partial charge >= 0.3 is 17.9 Å². The van der Waals surface area contributed by atoms with Crippen LogP contribution in [0.1, 0.15) is 99.6 Å². The van der Waals surface area contributed by atoms with Crippen LogP contribution in [0.4, 0.5) is 0 Å². The van der Waals surface area contributed by atoms with Gasteiger partial charge in [0.15, 0.2) is 61.8 Å². The molecule has 39 nitrogen and oxygen atoms in total. The van der Waals surface area contributed by atoms with Crippen molar-refractivity contribution in [1.29, 1.82) is 0 Å². The fourth-order valence-corrected chi connectivity index (χ4v) is 17.2. The maximum absolute atomic E-state index is 14.2. The molecule has 11 fully saturated rings. The lowest BCUT2D eigenvalue weighted by molar-refractivity contribution is -0.417. The molecule has 2 aromatic carbocycles. The molecule has 10 N–H and O–H groups in total. The van der Waals surface area contributed by atoms with Gasteiger partial charge in [-0.3, -0.25) is 10.4 Å². The highest BCUT2D eigenvalue weighted by Crippen LogP contribution is 2.53. The molecule has 11 aliphatic rings. The Kier molecular flexibility index (Phi) is 25.0. The maximum atomic E-state index is 14.2. The van der Waals surface area contributed by atoms with Crippen LogP contribution in [0.2, 0.25) is 5.02 Å². The molecular formula is C70H100ClNO38. The van der Waals surface area contributed by atoms with Gasteiger partial charge in [-0.15, -0.1) is 0 Å². The lowest BCUT2D eigenvalue weighted by atomic mass is 9.85. The molecule has 13 rings (SSSR count). The number of carbonyl (C=O) groups is 2. The van der Waals surface area contributed by atoms with Crippen LogP contribution in [0.15, 0.2) is 18.2 Å². The second kappa shape index (κ2) is 33.0. The largest absolute Gasteiger partial charge is 0.508 e. The van der Waals surface area contributed by atoms with E-state index < -0.39 is 238 Å². The first-order valence-electron chi connectivity index (χ1n) is 36.3. The number of hydrogen-bond acceptors (Lipinski definition) is 39. The number of benzene rings is 2. The van der Waals surface area contributed by atoms with Gasteiger partial charge in [-0.25, -0.2) is 9.59 Å². The van der Waals surface area contributed by atoms with Crippen LogP contribution in [0, 0.1) is 13.8 Å². The number of carbonyl (C=O) groups excluding carboxylic acids is 2. The van der Waals surface area contributed by atoms with Gasteiger partial charge in [-0.1, -0.05) is 16.8 Å². The van der Waals surface area contributed by atoms with Crippen LogP contribution in [-0.4, -0.2) is 344 Å². The quantitative estimate of drug-likeness (QED) is 0.0598. The third-order valence-corrected chi connectivity index (χ3v) is 22.7. The second-order valence-electron chi connectivity index (χ2n) is 29.8. The summed E-state index contributed by atoms with van der Waals surface area (Å²) in [5.74, 6) is -7.12. The molecule has 11 saturated heterocycles. The molecule has 0 unspecified atom stereocenters. The molecule has 2 aromatic rings. The number of halogens is 1. The Bertz CT molecular complexity index is 3520. The van der Waals surface area contributed by atoms with E-state index in [1.165, 1.54) is 54.6 Å². The number of methoxy groups -OCH3 is 5. The van der Waals surface area contributed by atoms with E-state index in [-0.39, 0.29) is 89.2 Å². The van der Waals surface area contributed by atoms with Crippen molar-refractivity contribution in [2.75, 3.05) is 62.2 Å². The van der Waals surface area contributed by atoms with E-state index in [1.54, 1.807) is 55.4 Å². The fourth-order valence-electron chi connectivity index (χ4n) is 17.0. The lowest BCUT2D eigenvalue weighted by Gasteiger charge is -2.50. The summed E-state index contributed by atoms with van der Waals surface area (Å²) in [5, 5.41) is 113. The van der Waals surface area contributed by atoms with E-state index in [9.17, 15) is 60.9 Å². The van der Waals surface area contributed by atoms with Gasteiger partial charge in [0.05, 0.1) is 70.0 Å². The molecule has 0 aliphatic carbocycles. The number of nitrogens with zero attached hydrogens (tertiary/aromatic N) is 1. The summed E-state index contributed by atoms with van der Waals surface area (Å²) >= 11 is 6.38. The van der Waals surface area contributed by atoms with Gasteiger partial charge in [-0.2, -0.15) is 0 Å². The average Bonchev–Trinajstić information content (AvgIpc) is 1.56. The Morgan fingerprint density at radius 2 is 1.27 bits per heavy atom. The van der Waals surface area contributed by atoms with Crippen molar-refractivity contribution in [3.63, 3.8) is 0 Å². The molecule has 11 heterocycles. The summed E-state index contributed by atoms with van der Waals surface area (Å²) in [6, 6.07) is 3.57. The van der Waals surface area contributed by atoms with Crippen LogP contribution >= 0.6 is 11.6 Å². The van der Waals surface area contributed by atoms with E-state index in [0.29, 0.717) is 0 Å². The van der Waals surface area contributed by atoms with Crippen LogP contribution in [0.5, 0.6) is 23.0 Å². The monoisotopic (exact) mass is 1600 g/mol. The van der Waals surface area contributed by atoms with Crippen molar-refractivity contribution in [3.8, 4) is 23.0 Å². The Labute approximate surface area is 636 Å². The molecule has 0 radical (unpaired) electrons. The number of aliphatic hydroxyl groups is 5. The molecule has 35 atom stereocenters. The second-order valence-corrected chi connectivity index (χ2v) is 30.2. The van der Waals surface area contributed by atoms with Crippen molar-refractivity contribution in [2.24, 2.45) is 0 Å². The zero-order valence-electron chi connectivity index (χ0n) is 62.8. The van der Waals surface area contributed by atoms with Crippen molar-refractivity contribution >= 4 is 23.5 Å². The van der Waals surface area contributed by atoms with Gasteiger partial charge in [0.1, 0.15) is 149 Å². The third kappa shape index (κ3) is 15.5.